The summed E-state index contributed by atoms with van der Waals surface area (Å²) < 4.78 is 0. The normalized spacial score (nSPS) is 15.4. The number of thiocarbonyl (C=S) groups is 1. The molecule has 3 N–H and O–H groups in total. The minimum Gasteiger partial charge on any atom is -0.389 e. The molecule has 0 aliphatic heterocycles. The van der Waals surface area contributed by atoms with E-state index >= 15 is 0 Å². The third-order valence-electron chi connectivity index (χ3n) is 3.47. The molecule has 0 aromatic heterocycles. The summed E-state index contributed by atoms with van der Waals surface area (Å²) in [6.45, 7) is 0. The summed E-state index contributed by atoms with van der Waals surface area (Å²) in [5.41, 5.74) is 6.89. The molecule has 0 unspecified atom stereocenters. The average molecular weight is 297 g/mol. The van der Waals surface area contributed by atoms with Crippen molar-refractivity contribution in [2.24, 2.45) is 11.7 Å². The molecule has 0 saturated heterocycles. The fourth-order valence-electron chi connectivity index (χ4n) is 2.51. The van der Waals surface area contributed by atoms with Gasteiger partial charge in [-0.05, 0) is 37.0 Å². The number of rotatable bonds is 4. The smallest absolute Gasteiger partial charge is 0.224 e. The van der Waals surface area contributed by atoms with Crippen LogP contribution in [-0.2, 0) is 4.79 Å². The molecule has 0 spiro atoms. The van der Waals surface area contributed by atoms with Crippen molar-refractivity contribution in [3.05, 3.63) is 28.8 Å². The van der Waals surface area contributed by atoms with E-state index in [9.17, 15) is 4.79 Å². The van der Waals surface area contributed by atoms with E-state index in [4.69, 9.17) is 29.6 Å². The Morgan fingerprint density at radius 1 is 1.42 bits per heavy atom. The Labute approximate surface area is 123 Å². The number of halogens is 1. The van der Waals surface area contributed by atoms with Crippen molar-refractivity contribution >= 4 is 40.4 Å². The number of amides is 1. The minimum atomic E-state index is 0.00617. The van der Waals surface area contributed by atoms with Crippen LogP contribution in [0.3, 0.4) is 0 Å². The maximum atomic E-state index is 12.0. The molecule has 1 fully saturated rings. The topological polar surface area (TPSA) is 55.1 Å². The summed E-state index contributed by atoms with van der Waals surface area (Å²) >= 11 is 10.9. The molecule has 0 heterocycles. The average Bonchev–Trinajstić information content (AvgIpc) is 2.81. The molecule has 2 rings (SSSR count). The first-order valence-electron chi connectivity index (χ1n) is 6.45. The monoisotopic (exact) mass is 296 g/mol. The second-order valence-electron chi connectivity index (χ2n) is 4.96. The van der Waals surface area contributed by atoms with E-state index in [-0.39, 0.29) is 10.9 Å². The van der Waals surface area contributed by atoms with Gasteiger partial charge in [0.25, 0.3) is 0 Å². The molecular formula is C14H17ClN2OS. The first-order chi connectivity index (χ1) is 9.06. The molecule has 0 radical (unpaired) electrons. The van der Waals surface area contributed by atoms with Gasteiger partial charge in [0.2, 0.25) is 5.91 Å². The highest BCUT2D eigenvalue weighted by Gasteiger charge is 2.19. The quantitative estimate of drug-likeness (QED) is 0.836. The first-order valence-corrected chi connectivity index (χ1v) is 7.24. The van der Waals surface area contributed by atoms with Crippen LogP contribution in [-0.4, -0.2) is 10.9 Å². The zero-order valence-corrected chi connectivity index (χ0v) is 12.2. The maximum Gasteiger partial charge on any atom is 0.224 e. The molecule has 1 aromatic carbocycles. The Balaban J connectivity index is 2.06. The third-order valence-corrected chi connectivity index (χ3v) is 3.92. The zero-order chi connectivity index (χ0) is 13.8. The van der Waals surface area contributed by atoms with Gasteiger partial charge >= 0.3 is 0 Å². The van der Waals surface area contributed by atoms with Crippen molar-refractivity contribution in [3.63, 3.8) is 0 Å². The van der Waals surface area contributed by atoms with E-state index in [1.165, 1.54) is 12.8 Å². The number of anilines is 1. The van der Waals surface area contributed by atoms with Crippen molar-refractivity contribution in [3.8, 4) is 0 Å². The molecule has 3 nitrogen and oxygen atoms in total. The van der Waals surface area contributed by atoms with Crippen molar-refractivity contribution in [2.75, 3.05) is 5.32 Å². The second-order valence-corrected chi connectivity index (χ2v) is 5.83. The Bertz CT molecular complexity index is 498. The van der Waals surface area contributed by atoms with Gasteiger partial charge in [0.05, 0.1) is 5.69 Å². The van der Waals surface area contributed by atoms with Crippen LogP contribution in [0.1, 0.15) is 37.7 Å². The highest BCUT2D eigenvalue weighted by molar-refractivity contribution is 7.80. The van der Waals surface area contributed by atoms with Crippen molar-refractivity contribution in [1.82, 2.24) is 0 Å². The predicted octanol–water partition coefficient (Wildman–Crippen LogP) is 3.49. The van der Waals surface area contributed by atoms with E-state index in [0.29, 0.717) is 28.6 Å². The molecule has 1 aromatic rings. The fraction of sp³-hybridized carbons (Fsp3) is 0.429. The van der Waals surface area contributed by atoms with Crippen molar-refractivity contribution < 1.29 is 4.79 Å². The van der Waals surface area contributed by atoms with Gasteiger partial charge in [-0.3, -0.25) is 4.79 Å². The van der Waals surface area contributed by atoms with Crippen LogP contribution >= 0.6 is 23.8 Å². The van der Waals surface area contributed by atoms with Crippen molar-refractivity contribution in [1.29, 1.82) is 0 Å². The van der Waals surface area contributed by atoms with E-state index in [1.54, 1.807) is 18.2 Å². The molecule has 1 aliphatic rings. The van der Waals surface area contributed by atoms with Crippen LogP contribution in [0.15, 0.2) is 18.2 Å². The molecule has 1 aliphatic carbocycles. The number of nitrogens with one attached hydrogen (secondary N) is 1. The zero-order valence-electron chi connectivity index (χ0n) is 10.6. The van der Waals surface area contributed by atoms with Crippen LogP contribution in [0.4, 0.5) is 5.69 Å². The number of benzene rings is 1. The number of nitrogens with two attached hydrogens (primary N) is 1. The lowest BCUT2D eigenvalue weighted by Gasteiger charge is -2.13. The molecular weight excluding hydrogens is 280 g/mol. The molecule has 102 valence electrons. The van der Waals surface area contributed by atoms with Crippen LogP contribution in [0.5, 0.6) is 0 Å². The SMILES string of the molecule is NC(=S)c1ccc(Cl)cc1NC(=O)CC1CCCC1. The third kappa shape index (κ3) is 3.91. The van der Waals surface area contributed by atoms with E-state index < -0.39 is 0 Å². The van der Waals surface area contributed by atoms with Crippen LogP contribution in [0, 0.1) is 5.92 Å². The Kier molecular flexibility index (Phi) is 4.77. The van der Waals surface area contributed by atoms with Gasteiger partial charge in [0.1, 0.15) is 4.99 Å². The van der Waals surface area contributed by atoms with Gasteiger partial charge in [0, 0.05) is 17.0 Å². The summed E-state index contributed by atoms with van der Waals surface area (Å²) in [7, 11) is 0. The summed E-state index contributed by atoms with van der Waals surface area (Å²) in [6.07, 6.45) is 5.31. The number of hydrogen-bond donors (Lipinski definition) is 2. The van der Waals surface area contributed by atoms with Gasteiger partial charge in [-0.15, -0.1) is 0 Å². The summed E-state index contributed by atoms with van der Waals surface area (Å²) in [5, 5.41) is 3.42. The summed E-state index contributed by atoms with van der Waals surface area (Å²) in [6, 6.07) is 5.13. The van der Waals surface area contributed by atoms with Crippen LogP contribution in [0.2, 0.25) is 5.02 Å². The number of carbonyl (C=O) groups is 1. The molecule has 0 bridgehead atoms. The van der Waals surface area contributed by atoms with Gasteiger partial charge in [-0.2, -0.15) is 0 Å². The van der Waals surface area contributed by atoms with Gasteiger partial charge < -0.3 is 11.1 Å². The first kappa shape index (κ1) is 14.3. The standard InChI is InChI=1S/C14H17ClN2OS/c15-10-5-6-11(14(16)19)12(8-10)17-13(18)7-9-3-1-2-4-9/h5-6,8-9H,1-4,7H2,(H2,16,19)(H,17,18). The van der Waals surface area contributed by atoms with Gasteiger partial charge in [-0.25, -0.2) is 0 Å². The second kappa shape index (κ2) is 6.35. The van der Waals surface area contributed by atoms with Gasteiger partial charge in [-0.1, -0.05) is 36.7 Å². The van der Waals surface area contributed by atoms with E-state index in [1.807, 2.05) is 0 Å². The van der Waals surface area contributed by atoms with E-state index in [2.05, 4.69) is 5.32 Å². The van der Waals surface area contributed by atoms with Crippen LogP contribution < -0.4 is 11.1 Å². The Morgan fingerprint density at radius 2 is 2.11 bits per heavy atom. The lowest BCUT2D eigenvalue weighted by Crippen LogP contribution is -2.19. The molecule has 5 heteroatoms. The summed E-state index contributed by atoms with van der Waals surface area (Å²) in [5.74, 6) is 0.513. The lowest BCUT2D eigenvalue weighted by atomic mass is 10.0. The molecule has 19 heavy (non-hydrogen) atoms. The van der Waals surface area contributed by atoms with E-state index in [0.717, 1.165) is 12.8 Å². The Hall–Kier alpha value is -1.13. The molecule has 0 atom stereocenters. The summed E-state index contributed by atoms with van der Waals surface area (Å²) in [4.78, 5) is 12.3. The molecule has 1 saturated carbocycles. The van der Waals surface area contributed by atoms with Crippen molar-refractivity contribution in [2.45, 2.75) is 32.1 Å². The lowest BCUT2D eigenvalue weighted by molar-refractivity contribution is -0.117. The van der Waals surface area contributed by atoms with Gasteiger partial charge in [0.15, 0.2) is 0 Å². The Morgan fingerprint density at radius 3 is 2.74 bits per heavy atom. The minimum absolute atomic E-state index is 0.00617. The predicted molar refractivity (Wildman–Crippen MR) is 82.5 cm³/mol. The number of carbonyl (C=O) groups excluding carboxylic acids is 1. The van der Waals surface area contributed by atoms with Crippen LogP contribution in [0.25, 0.3) is 0 Å². The fourth-order valence-corrected chi connectivity index (χ4v) is 2.86. The number of hydrogen-bond acceptors (Lipinski definition) is 2. The highest BCUT2D eigenvalue weighted by atomic mass is 35.5. The molecule has 1 amide bonds. The largest absolute Gasteiger partial charge is 0.389 e. The highest BCUT2D eigenvalue weighted by Crippen LogP contribution is 2.28. The maximum absolute atomic E-state index is 12.0.